The van der Waals surface area contributed by atoms with Crippen molar-refractivity contribution in [2.45, 2.75) is 30.2 Å². The molecule has 6 heteroatoms. The molecule has 1 aliphatic heterocycles. The topological polar surface area (TPSA) is 83.5 Å². The van der Waals surface area contributed by atoms with Crippen molar-refractivity contribution >= 4 is 21.9 Å². The van der Waals surface area contributed by atoms with Crippen LogP contribution in [0.3, 0.4) is 0 Å². The largest absolute Gasteiger partial charge is 0.478 e. The monoisotopic (exact) mass is 293 g/mol. The van der Waals surface area contributed by atoms with Crippen molar-refractivity contribution in [3.63, 3.8) is 0 Å². The van der Waals surface area contributed by atoms with E-state index in [1.54, 1.807) is 18.2 Å². The average Bonchev–Trinajstić information content (AvgIpc) is 2.59. The summed E-state index contributed by atoms with van der Waals surface area (Å²) in [6.45, 7) is 0.265. The van der Waals surface area contributed by atoms with E-state index in [0.29, 0.717) is 11.6 Å². The molecule has 0 aromatic heterocycles. The fraction of sp³-hybridized carbons (Fsp3) is 0.357. The lowest BCUT2D eigenvalue weighted by Crippen LogP contribution is -2.36. The molecule has 106 valence electrons. The zero-order chi connectivity index (χ0) is 14.3. The molecule has 0 bridgehead atoms. The highest BCUT2D eigenvalue weighted by Gasteiger charge is 2.34. The van der Waals surface area contributed by atoms with Crippen LogP contribution < -0.4 is 5.32 Å². The number of nitrogens with one attached hydrogen (secondary N) is 1. The third-order valence-corrected chi connectivity index (χ3v) is 5.82. The van der Waals surface area contributed by atoms with Crippen molar-refractivity contribution in [3.8, 4) is 0 Å². The number of benzene rings is 1. The predicted octanol–water partition coefficient (Wildman–Crippen LogP) is 1.66. The van der Waals surface area contributed by atoms with Crippen molar-refractivity contribution in [1.82, 2.24) is 5.32 Å². The minimum atomic E-state index is -3.68. The van der Waals surface area contributed by atoms with Crippen LogP contribution in [-0.4, -0.2) is 32.1 Å². The molecule has 5 nitrogen and oxygen atoms in total. The molecule has 0 unspecified atom stereocenters. The van der Waals surface area contributed by atoms with Crippen LogP contribution >= 0.6 is 0 Å². The highest BCUT2D eigenvalue weighted by molar-refractivity contribution is 7.96. The van der Waals surface area contributed by atoms with E-state index in [4.69, 9.17) is 5.11 Å². The van der Waals surface area contributed by atoms with Gasteiger partial charge in [0.15, 0.2) is 0 Å². The highest BCUT2D eigenvalue weighted by Crippen LogP contribution is 2.35. The van der Waals surface area contributed by atoms with Crippen molar-refractivity contribution in [2.24, 2.45) is 0 Å². The molecule has 0 spiro atoms. The number of hydrogen-bond donors (Lipinski definition) is 2. The second-order valence-corrected chi connectivity index (χ2v) is 7.09. The summed E-state index contributed by atoms with van der Waals surface area (Å²) in [4.78, 5) is 11.4. The fourth-order valence-corrected chi connectivity index (χ4v) is 4.22. The van der Waals surface area contributed by atoms with Gasteiger partial charge >= 0.3 is 5.97 Å². The van der Waals surface area contributed by atoms with Gasteiger partial charge < -0.3 is 10.4 Å². The molecule has 3 rings (SSSR count). The molecule has 1 aromatic carbocycles. The predicted molar refractivity (Wildman–Crippen MR) is 74.2 cm³/mol. The third-order valence-electron chi connectivity index (χ3n) is 3.88. The van der Waals surface area contributed by atoms with Crippen LogP contribution in [0, 0.1) is 0 Å². The molecule has 0 amide bonds. The first-order valence-electron chi connectivity index (χ1n) is 6.55. The molecular formula is C14H15NO4S. The Bertz CT molecular complexity index is 702. The Hall–Kier alpha value is -1.66. The van der Waals surface area contributed by atoms with E-state index in [-0.39, 0.29) is 21.9 Å². The number of carboxylic acids is 1. The molecule has 1 fully saturated rings. The quantitative estimate of drug-likeness (QED) is 0.882. The molecule has 1 aromatic rings. The summed E-state index contributed by atoms with van der Waals surface area (Å²) in [5.74, 6) is -1.22. The second-order valence-electron chi connectivity index (χ2n) is 5.15. The summed E-state index contributed by atoms with van der Waals surface area (Å²) in [5.41, 5.74) is 0.313. The molecule has 1 heterocycles. The Labute approximate surface area is 117 Å². The zero-order valence-electron chi connectivity index (χ0n) is 10.8. The third kappa shape index (κ3) is 2.05. The fourth-order valence-electron chi connectivity index (χ4n) is 2.52. The first kappa shape index (κ1) is 13.3. The van der Waals surface area contributed by atoms with E-state index >= 15 is 0 Å². The van der Waals surface area contributed by atoms with Gasteiger partial charge in [0.2, 0.25) is 9.84 Å². The van der Waals surface area contributed by atoms with Crippen LogP contribution in [0.25, 0.3) is 6.08 Å². The van der Waals surface area contributed by atoms with Gasteiger partial charge in [-0.15, -0.1) is 0 Å². The highest BCUT2D eigenvalue weighted by atomic mass is 32.2. The van der Waals surface area contributed by atoms with E-state index in [9.17, 15) is 13.2 Å². The summed E-state index contributed by atoms with van der Waals surface area (Å²) in [6.07, 6.45) is 4.89. The van der Waals surface area contributed by atoms with Crippen LogP contribution in [0.1, 0.15) is 35.2 Å². The van der Waals surface area contributed by atoms with E-state index < -0.39 is 15.8 Å². The molecule has 0 atom stereocenters. The molecule has 0 radical (unpaired) electrons. The molecule has 20 heavy (non-hydrogen) atoms. The van der Waals surface area contributed by atoms with Crippen LogP contribution in [0.2, 0.25) is 0 Å². The molecule has 1 saturated carbocycles. The van der Waals surface area contributed by atoms with Crippen LogP contribution in [-0.2, 0) is 9.84 Å². The van der Waals surface area contributed by atoms with Crippen molar-refractivity contribution in [3.05, 3.63) is 34.2 Å². The number of fused-ring (bicyclic) bond motifs is 1. The Balaban J connectivity index is 1.93. The first-order chi connectivity index (χ1) is 9.50. The van der Waals surface area contributed by atoms with Crippen LogP contribution in [0.5, 0.6) is 0 Å². The minimum absolute atomic E-state index is 0.0714. The molecule has 0 saturated heterocycles. The lowest BCUT2D eigenvalue weighted by atomic mass is 9.93. The van der Waals surface area contributed by atoms with Gasteiger partial charge in [0.1, 0.15) is 0 Å². The number of aromatic carboxylic acids is 1. The number of carboxylic acid groups (broad SMARTS) is 1. The number of carbonyl (C=O) groups is 1. The number of hydrogen-bond acceptors (Lipinski definition) is 4. The normalized spacial score (nSPS) is 20.1. The molecular weight excluding hydrogens is 278 g/mol. The van der Waals surface area contributed by atoms with Gasteiger partial charge in [-0.3, -0.25) is 0 Å². The van der Waals surface area contributed by atoms with Gasteiger partial charge in [0.05, 0.1) is 15.4 Å². The summed E-state index contributed by atoms with van der Waals surface area (Å²) >= 11 is 0. The van der Waals surface area contributed by atoms with Crippen LogP contribution in [0.15, 0.2) is 28.0 Å². The standard InChI is InChI=1S/C14H15NO4S/c16-14(17)12-6-1-3-9-7-11(20(18,19)13(9)12)8-15-10-4-2-5-10/h1,3,6-7,10,15H,2,4-5,8H2,(H,16,17). The lowest BCUT2D eigenvalue weighted by Gasteiger charge is -2.26. The molecule has 2 aliphatic rings. The SMILES string of the molecule is O=C(O)c1cccc2c1S(=O)(=O)C(CNC1CCC1)=C2. The number of sulfone groups is 1. The van der Waals surface area contributed by atoms with Crippen molar-refractivity contribution in [1.29, 1.82) is 0 Å². The lowest BCUT2D eigenvalue weighted by molar-refractivity contribution is 0.0692. The molecule has 2 N–H and O–H groups in total. The maximum absolute atomic E-state index is 12.5. The Morgan fingerprint density at radius 1 is 1.35 bits per heavy atom. The Kier molecular flexibility index (Phi) is 3.14. The van der Waals surface area contributed by atoms with Gasteiger partial charge in [-0.2, -0.15) is 0 Å². The minimum Gasteiger partial charge on any atom is -0.478 e. The van der Waals surface area contributed by atoms with Gasteiger partial charge in [0.25, 0.3) is 0 Å². The summed E-state index contributed by atoms with van der Waals surface area (Å²) in [7, 11) is -3.68. The van der Waals surface area contributed by atoms with Crippen molar-refractivity contribution < 1.29 is 18.3 Å². The van der Waals surface area contributed by atoms with Crippen molar-refractivity contribution in [2.75, 3.05) is 6.54 Å². The average molecular weight is 293 g/mol. The summed E-state index contributed by atoms with van der Waals surface area (Å²) < 4.78 is 24.9. The van der Waals surface area contributed by atoms with E-state index in [2.05, 4.69) is 5.32 Å². The second kappa shape index (κ2) is 4.71. The van der Waals surface area contributed by atoms with Gasteiger partial charge in [-0.05, 0) is 30.5 Å². The zero-order valence-corrected chi connectivity index (χ0v) is 11.6. The van der Waals surface area contributed by atoms with E-state index in [0.717, 1.165) is 12.8 Å². The first-order valence-corrected chi connectivity index (χ1v) is 8.04. The van der Waals surface area contributed by atoms with E-state index in [1.165, 1.54) is 12.5 Å². The number of rotatable bonds is 4. The smallest absolute Gasteiger partial charge is 0.337 e. The summed E-state index contributed by atoms with van der Waals surface area (Å²) in [5, 5.41) is 12.3. The molecule has 1 aliphatic carbocycles. The van der Waals surface area contributed by atoms with Gasteiger partial charge in [0, 0.05) is 12.6 Å². The van der Waals surface area contributed by atoms with Crippen LogP contribution in [0.4, 0.5) is 0 Å². The maximum Gasteiger partial charge on any atom is 0.337 e. The Morgan fingerprint density at radius 3 is 2.70 bits per heavy atom. The van der Waals surface area contributed by atoms with Gasteiger partial charge in [-0.1, -0.05) is 18.6 Å². The Morgan fingerprint density at radius 2 is 2.10 bits per heavy atom. The van der Waals surface area contributed by atoms with E-state index in [1.807, 2.05) is 0 Å². The summed E-state index contributed by atoms with van der Waals surface area (Å²) in [6, 6.07) is 4.91. The maximum atomic E-state index is 12.5. The van der Waals surface area contributed by atoms with Gasteiger partial charge in [-0.25, -0.2) is 13.2 Å².